The number of hydroxylamine groups is 2. The molecule has 1 aromatic rings. The Balaban J connectivity index is 1.22. The topological polar surface area (TPSA) is 179 Å². The highest BCUT2D eigenvalue weighted by molar-refractivity contribution is 5.96. The second kappa shape index (κ2) is 17.4. The van der Waals surface area contributed by atoms with Crippen LogP contribution in [0.3, 0.4) is 0 Å². The number of benzene rings is 1. The first-order valence-electron chi connectivity index (χ1n) is 21.2. The Hall–Kier alpha value is -3.89. The number of fused-ring (bicyclic) bond motifs is 4. The van der Waals surface area contributed by atoms with Crippen molar-refractivity contribution in [1.82, 2.24) is 15.3 Å². The number of esters is 3. The van der Waals surface area contributed by atoms with Gasteiger partial charge in [0.25, 0.3) is 0 Å². The lowest BCUT2D eigenvalue weighted by atomic mass is 9.62. The number of carbonyl (C=O) groups is 5. The van der Waals surface area contributed by atoms with Crippen LogP contribution in [0.2, 0.25) is 0 Å². The van der Waals surface area contributed by atoms with E-state index in [-0.39, 0.29) is 44.5 Å². The molecular weight excluding hydrogens is 750 g/mol. The van der Waals surface area contributed by atoms with E-state index in [4.69, 9.17) is 28.5 Å². The summed E-state index contributed by atoms with van der Waals surface area (Å²) < 4.78 is 30.8. The molecule has 15 heteroatoms. The molecule has 6 fully saturated rings. The number of hydrogen-bond donors (Lipinski definition) is 2. The number of nitrogens with one attached hydrogen (secondary N) is 1. The molecule has 5 heterocycles. The van der Waals surface area contributed by atoms with E-state index >= 15 is 4.79 Å². The summed E-state index contributed by atoms with van der Waals surface area (Å²) in [6.45, 7) is 8.18. The number of cyclic esters (lactones) is 1. The molecule has 8 atom stereocenters. The Labute approximate surface area is 340 Å². The zero-order valence-electron chi connectivity index (χ0n) is 34.2. The summed E-state index contributed by atoms with van der Waals surface area (Å²) in [4.78, 5) is 76.8. The highest BCUT2D eigenvalue weighted by atomic mass is 16.8. The number of aliphatic hydroxyl groups excluding tert-OH is 1. The van der Waals surface area contributed by atoms with Gasteiger partial charge < -0.3 is 39.0 Å². The first kappa shape index (κ1) is 42.2. The molecule has 6 aliphatic rings. The van der Waals surface area contributed by atoms with Crippen molar-refractivity contribution in [3.05, 3.63) is 41.5 Å². The SMILES string of the molecule is CCCCCC1(CCCCC)O[C@@H]2[C@H](O1)[C@H]1ON(Cc3ccccc3C=CC(=O)O[C@H]3C(=O)OCC3(C)C)[C@@H]3C(=O)O[C@@H]2C[C@]13C(=O)N1CCC[C@@H]1C(=O)NCCO. The van der Waals surface area contributed by atoms with Crippen molar-refractivity contribution in [3.8, 4) is 0 Å². The number of unbranched alkanes of at least 4 members (excludes halogenated alkanes) is 4. The van der Waals surface area contributed by atoms with Gasteiger partial charge in [0.15, 0.2) is 11.8 Å². The first-order valence-corrected chi connectivity index (χ1v) is 21.2. The minimum absolute atomic E-state index is 0.0321. The lowest BCUT2D eigenvalue weighted by Crippen LogP contribution is -2.70. The van der Waals surface area contributed by atoms with Crippen molar-refractivity contribution in [2.75, 3.05) is 26.3 Å². The second-order valence-corrected chi connectivity index (χ2v) is 17.3. The van der Waals surface area contributed by atoms with Gasteiger partial charge in [0.05, 0.1) is 13.2 Å². The van der Waals surface area contributed by atoms with Crippen LogP contribution in [-0.4, -0.2) is 119 Å². The summed E-state index contributed by atoms with van der Waals surface area (Å²) in [6.07, 6.45) is 6.95. The summed E-state index contributed by atoms with van der Waals surface area (Å²) in [5.41, 5.74) is -0.832. The molecule has 0 aromatic heterocycles. The summed E-state index contributed by atoms with van der Waals surface area (Å²) in [6, 6.07) is 5.32. The maximum absolute atomic E-state index is 15.3. The van der Waals surface area contributed by atoms with Crippen LogP contribution < -0.4 is 5.32 Å². The first-order chi connectivity index (χ1) is 27.9. The number of likely N-dealkylation sites (tertiary alicyclic amines) is 1. The van der Waals surface area contributed by atoms with Crippen LogP contribution in [-0.2, 0) is 59.0 Å². The Morgan fingerprint density at radius 3 is 2.41 bits per heavy atom. The van der Waals surface area contributed by atoms with Gasteiger partial charge in [-0.2, -0.15) is 5.06 Å². The molecule has 2 amide bonds. The van der Waals surface area contributed by atoms with Crippen molar-refractivity contribution < 1.29 is 57.6 Å². The molecule has 1 aromatic carbocycles. The van der Waals surface area contributed by atoms with E-state index in [9.17, 15) is 24.3 Å². The molecule has 0 spiro atoms. The maximum Gasteiger partial charge on any atom is 0.348 e. The van der Waals surface area contributed by atoms with E-state index in [2.05, 4.69) is 19.2 Å². The Bertz CT molecular complexity index is 1740. The van der Waals surface area contributed by atoms with Crippen molar-refractivity contribution in [2.24, 2.45) is 10.8 Å². The lowest BCUT2D eigenvalue weighted by Gasteiger charge is -2.50. The quantitative estimate of drug-likeness (QED) is 0.101. The molecule has 15 nitrogen and oxygen atoms in total. The van der Waals surface area contributed by atoms with Gasteiger partial charge in [0.1, 0.15) is 42.5 Å². The molecule has 0 unspecified atom stereocenters. The average molecular weight is 810 g/mol. The number of aliphatic hydroxyl groups is 1. The molecule has 7 rings (SSSR count). The summed E-state index contributed by atoms with van der Waals surface area (Å²) >= 11 is 0. The van der Waals surface area contributed by atoms with E-state index in [1.807, 2.05) is 12.1 Å². The predicted octanol–water partition coefficient (Wildman–Crippen LogP) is 3.73. The predicted molar refractivity (Wildman–Crippen MR) is 207 cm³/mol. The van der Waals surface area contributed by atoms with Gasteiger partial charge in [-0.15, -0.1) is 0 Å². The standard InChI is InChI=1S/C43H59N3O12/c1-5-7-11-19-42(20-12-8-6-2)56-32-30-24-43(40(52)45-22-13-16-29(45)37(49)44-21-23-47)34(38(50)54-30)46(58-35(43)33(32)57-42)25-28-15-10-9-14-27(28)17-18-31(48)55-36-39(51)53-26-41(36,3)4/h9-10,14-15,17-18,29-30,32-36,47H,5-8,11-13,16,19-26H2,1-4H3,(H,44,49)/t29-,30-,32+,33+,34-,35-,36+,43-/m1/s1. The minimum atomic E-state index is -1.47. The van der Waals surface area contributed by atoms with Crippen LogP contribution >= 0.6 is 0 Å². The maximum atomic E-state index is 15.3. The van der Waals surface area contributed by atoms with Gasteiger partial charge in [-0.25, -0.2) is 9.59 Å². The van der Waals surface area contributed by atoms with Gasteiger partial charge in [-0.1, -0.05) is 77.6 Å². The highest BCUT2D eigenvalue weighted by Crippen LogP contribution is 2.59. The van der Waals surface area contributed by atoms with Crippen LogP contribution in [0.4, 0.5) is 0 Å². The molecule has 1 saturated carbocycles. The van der Waals surface area contributed by atoms with Crippen LogP contribution in [0, 0.1) is 10.8 Å². The van der Waals surface area contributed by atoms with Crippen molar-refractivity contribution in [1.29, 1.82) is 0 Å². The summed E-state index contributed by atoms with van der Waals surface area (Å²) in [7, 11) is 0. The Kier molecular flexibility index (Phi) is 12.7. The van der Waals surface area contributed by atoms with Crippen molar-refractivity contribution >= 4 is 35.8 Å². The van der Waals surface area contributed by atoms with Gasteiger partial charge >= 0.3 is 17.9 Å². The van der Waals surface area contributed by atoms with Gasteiger partial charge in [0.2, 0.25) is 17.9 Å². The zero-order valence-corrected chi connectivity index (χ0v) is 34.2. The fraction of sp³-hybridized carbons (Fsp3) is 0.698. The van der Waals surface area contributed by atoms with Crippen molar-refractivity contribution in [2.45, 2.75) is 153 Å². The monoisotopic (exact) mass is 809 g/mol. The minimum Gasteiger partial charge on any atom is -0.462 e. The smallest absolute Gasteiger partial charge is 0.348 e. The summed E-state index contributed by atoms with van der Waals surface area (Å²) in [5, 5.41) is 13.6. The largest absolute Gasteiger partial charge is 0.462 e. The van der Waals surface area contributed by atoms with Crippen LogP contribution in [0.25, 0.3) is 6.08 Å². The fourth-order valence-corrected chi connectivity index (χ4v) is 9.78. The molecule has 5 saturated heterocycles. The molecular formula is C43H59N3O12. The Morgan fingerprint density at radius 1 is 1.00 bits per heavy atom. The fourth-order valence-electron chi connectivity index (χ4n) is 9.78. The molecule has 1 aliphatic carbocycles. The normalized spacial score (nSPS) is 31.9. The van der Waals surface area contributed by atoms with Gasteiger partial charge in [-0.3, -0.25) is 19.2 Å². The molecule has 2 N–H and O–H groups in total. The van der Waals surface area contributed by atoms with E-state index in [1.54, 1.807) is 37.0 Å². The van der Waals surface area contributed by atoms with E-state index < -0.39 is 77.1 Å². The highest BCUT2D eigenvalue weighted by Gasteiger charge is 2.77. The number of rotatable bonds is 17. The molecule has 2 bridgehead atoms. The number of nitrogens with zero attached hydrogens (tertiary/aromatic N) is 2. The lowest BCUT2D eigenvalue weighted by molar-refractivity contribution is -0.225. The van der Waals surface area contributed by atoms with E-state index in [0.717, 1.165) is 38.5 Å². The van der Waals surface area contributed by atoms with E-state index in [1.165, 1.54) is 11.1 Å². The second-order valence-electron chi connectivity index (χ2n) is 17.3. The van der Waals surface area contributed by atoms with Crippen LogP contribution in [0.5, 0.6) is 0 Å². The number of amides is 2. The molecule has 318 valence electrons. The summed E-state index contributed by atoms with van der Waals surface area (Å²) in [5.74, 6) is -3.58. The zero-order chi connectivity index (χ0) is 41.2. The molecule has 58 heavy (non-hydrogen) atoms. The number of carbonyl (C=O) groups excluding carboxylic acids is 5. The number of ether oxygens (including phenoxy) is 5. The van der Waals surface area contributed by atoms with Gasteiger partial charge in [-0.05, 0) is 42.9 Å². The third-order valence-electron chi connectivity index (χ3n) is 12.7. The number of hydrogen-bond acceptors (Lipinski definition) is 13. The third-order valence-corrected chi connectivity index (χ3v) is 12.7. The van der Waals surface area contributed by atoms with E-state index in [0.29, 0.717) is 43.4 Å². The Morgan fingerprint density at radius 2 is 1.72 bits per heavy atom. The van der Waals surface area contributed by atoms with Gasteiger partial charge in [0, 0.05) is 43.8 Å². The van der Waals surface area contributed by atoms with Crippen LogP contribution in [0.15, 0.2) is 30.3 Å². The van der Waals surface area contributed by atoms with Crippen LogP contribution in [0.1, 0.15) is 109 Å². The van der Waals surface area contributed by atoms with Crippen molar-refractivity contribution in [3.63, 3.8) is 0 Å². The average Bonchev–Trinajstić information content (AvgIpc) is 3.98. The third kappa shape index (κ3) is 7.92. The molecule has 0 radical (unpaired) electrons. The molecule has 5 aliphatic heterocycles.